The minimum Gasteiger partial charge on any atom is -0.378 e. The smallest absolute Gasteiger partial charge is 0.0635 e. The van der Waals surface area contributed by atoms with Crippen molar-refractivity contribution >= 4 is 0 Å². The molecular formula is C8H13N3O. The maximum absolute atomic E-state index is 8.12. The molecule has 4 nitrogen and oxygen atoms in total. The van der Waals surface area contributed by atoms with Gasteiger partial charge in [0.1, 0.15) is 0 Å². The van der Waals surface area contributed by atoms with Crippen molar-refractivity contribution in [2.75, 3.05) is 13.2 Å². The molecular weight excluding hydrogens is 154 g/mol. The third-order valence-corrected chi connectivity index (χ3v) is 2.75. The number of ether oxygens (including phenoxy) is 1. The molecule has 0 aromatic rings. The largest absolute Gasteiger partial charge is 0.378 e. The Kier molecular flexibility index (Phi) is 2.19. The molecule has 0 aromatic carbocycles. The van der Waals surface area contributed by atoms with Gasteiger partial charge in [0.2, 0.25) is 0 Å². The van der Waals surface area contributed by atoms with Gasteiger partial charge in [0.25, 0.3) is 0 Å². The van der Waals surface area contributed by atoms with E-state index in [0.717, 1.165) is 24.9 Å². The molecule has 0 aromatic heterocycles. The summed E-state index contributed by atoms with van der Waals surface area (Å²) in [5.41, 5.74) is 8.12. The second kappa shape index (κ2) is 3.33. The van der Waals surface area contributed by atoms with Crippen molar-refractivity contribution < 1.29 is 4.74 Å². The average molecular weight is 167 g/mol. The van der Waals surface area contributed by atoms with Crippen LogP contribution < -0.4 is 0 Å². The summed E-state index contributed by atoms with van der Waals surface area (Å²) in [5.74, 6) is 1.67. The summed E-state index contributed by atoms with van der Waals surface area (Å²) in [5, 5.41) is 3.52. The van der Waals surface area contributed by atoms with Gasteiger partial charge in [-0.2, -0.15) is 0 Å². The molecule has 0 N–H and O–H groups in total. The molecule has 2 fully saturated rings. The van der Waals surface area contributed by atoms with Crippen LogP contribution in [0.5, 0.6) is 0 Å². The van der Waals surface area contributed by atoms with E-state index in [2.05, 4.69) is 10.0 Å². The second-order valence-electron chi connectivity index (χ2n) is 3.70. The lowest BCUT2D eigenvalue weighted by atomic mass is 10.0. The van der Waals surface area contributed by atoms with Crippen LogP contribution in [0.2, 0.25) is 0 Å². The van der Waals surface area contributed by atoms with Gasteiger partial charge in [-0.25, -0.2) is 0 Å². The van der Waals surface area contributed by atoms with Crippen molar-refractivity contribution in [1.82, 2.24) is 0 Å². The predicted octanol–water partition coefficient (Wildman–Crippen LogP) is 2.11. The zero-order chi connectivity index (χ0) is 8.39. The van der Waals surface area contributed by atoms with Gasteiger partial charge in [-0.1, -0.05) is 5.11 Å². The Bertz CT molecular complexity index is 208. The molecule has 4 heteroatoms. The summed E-state index contributed by atoms with van der Waals surface area (Å²) >= 11 is 0. The van der Waals surface area contributed by atoms with Gasteiger partial charge in [0, 0.05) is 4.91 Å². The summed E-state index contributed by atoms with van der Waals surface area (Å²) in [6.07, 6.45) is 4.06. The molecule has 12 heavy (non-hydrogen) atoms. The lowest BCUT2D eigenvalue weighted by Gasteiger charge is -2.03. The first-order valence-corrected chi connectivity index (χ1v) is 4.52. The van der Waals surface area contributed by atoms with Gasteiger partial charge in [-0.3, -0.25) is 0 Å². The summed E-state index contributed by atoms with van der Waals surface area (Å²) in [4.78, 5) is 2.73. The molecule has 2 atom stereocenters. The molecule has 2 aliphatic rings. The van der Waals surface area contributed by atoms with Crippen LogP contribution in [0.25, 0.3) is 10.4 Å². The molecule has 0 unspecified atom stereocenters. The number of rotatable bonds is 3. The Morgan fingerprint density at radius 1 is 1.42 bits per heavy atom. The first-order chi connectivity index (χ1) is 5.90. The maximum Gasteiger partial charge on any atom is 0.0635 e. The molecule has 2 rings (SSSR count). The fourth-order valence-electron chi connectivity index (χ4n) is 1.88. The average Bonchev–Trinajstić information content (AvgIpc) is 2.83. The van der Waals surface area contributed by atoms with E-state index >= 15 is 0 Å². The van der Waals surface area contributed by atoms with Crippen LogP contribution in [0.4, 0.5) is 0 Å². The van der Waals surface area contributed by atoms with Gasteiger partial charge >= 0.3 is 0 Å². The summed E-state index contributed by atoms with van der Waals surface area (Å²) in [7, 11) is 0. The SMILES string of the molecule is [N-]=[N+]=NC[C@@H]1C[C@@H](C2CC2)CO1. The Hall–Kier alpha value is -0.730. The molecule has 1 aliphatic carbocycles. The molecule has 1 saturated heterocycles. The van der Waals surface area contributed by atoms with E-state index in [4.69, 9.17) is 10.3 Å². The van der Waals surface area contributed by atoms with Crippen molar-refractivity contribution in [3.8, 4) is 0 Å². The van der Waals surface area contributed by atoms with E-state index < -0.39 is 0 Å². The molecule has 0 radical (unpaired) electrons. The van der Waals surface area contributed by atoms with Gasteiger partial charge in [0.05, 0.1) is 19.3 Å². The van der Waals surface area contributed by atoms with Gasteiger partial charge in [-0.05, 0) is 36.6 Å². The van der Waals surface area contributed by atoms with Gasteiger partial charge < -0.3 is 4.74 Å². The van der Waals surface area contributed by atoms with Crippen molar-refractivity contribution in [3.63, 3.8) is 0 Å². The fourth-order valence-corrected chi connectivity index (χ4v) is 1.88. The third kappa shape index (κ3) is 1.71. The Morgan fingerprint density at radius 2 is 2.25 bits per heavy atom. The quantitative estimate of drug-likeness (QED) is 0.361. The third-order valence-electron chi connectivity index (χ3n) is 2.75. The van der Waals surface area contributed by atoms with Crippen LogP contribution in [0.3, 0.4) is 0 Å². The van der Waals surface area contributed by atoms with Crippen molar-refractivity contribution in [1.29, 1.82) is 0 Å². The van der Waals surface area contributed by atoms with Gasteiger partial charge in [-0.15, -0.1) is 0 Å². The lowest BCUT2D eigenvalue weighted by Crippen LogP contribution is -2.08. The molecule has 1 saturated carbocycles. The first-order valence-electron chi connectivity index (χ1n) is 4.52. The van der Waals surface area contributed by atoms with Gasteiger partial charge in [0.15, 0.2) is 0 Å². The predicted molar refractivity (Wildman–Crippen MR) is 44.6 cm³/mol. The number of hydrogen-bond acceptors (Lipinski definition) is 2. The highest BCUT2D eigenvalue weighted by Crippen LogP contribution is 2.42. The normalized spacial score (nSPS) is 34.7. The zero-order valence-corrected chi connectivity index (χ0v) is 7.02. The van der Waals surface area contributed by atoms with E-state index in [1.54, 1.807) is 0 Å². The molecule has 66 valence electrons. The highest BCUT2D eigenvalue weighted by atomic mass is 16.5. The monoisotopic (exact) mass is 167 g/mol. The van der Waals surface area contributed by atoms with Crippen molar-refractivity contribution in [3.05, 3.63) is 10.4 Å². The number of nitrogens with zero attached hydrogens (tertiary/aromatic N) is 3. The summed E-state index contributed by atoms with van der Waals surface area (Å²) < 4.78 is 5.50. The maximum atomic E-state index is 8.12. The van der Waals surface area contributed by atoms with Crippen molar-refractivity contribution in [2.45, 2.75) is 25.4 Å². The molecule has 0 amide bonds. The molecule has 0 spiro atoms. The van der Waals surface area contributed by atoms with Crippen LogP contribution in [0, 0.1) is 11.8 Å². The second-order valence-corrected chi connectivity index (χ2v) is 3.70. The van der Waals surface area contributed by atoms with Crippen LogP contribution in [-0.4, -0.2) is 19.3 Å². The van der Waals surface area contributed by atoms with Crippen LogP contribution in [0.1, 0.15) is 19.3 Å². The number of azide groups is 1. The highest BCUT2D eigenvalue weighted by molar-refractivity contribution is 4.87. The Labute approximate surface area is 71.5 Å². The topological polar surface area (TPSA) is 58.0 Å². The van der Waals surface area contributed by atoms with E-state index in [0.29, 0.717) is 6.54 Å². The Balaban J connectivity index is 1.76. The van der Waals surface area contributed by atoms with Crippen molar-refractivity contribution in [2.24, 2.45) is 17.0 Å². The van der Waals surface area contributed by atoms with Crippen LogP contribution in [-0.2, 0) is 4.74 Å². The van der Waals surface area contributed by atoms with E-state index in [1.165, 1.54) is 12.8 Å². The standard InChI is InChI=1S/C8H13N3O/c9-11-10-4-8-3-7(5-12-8)6-1-2-6/h6-8H,1-5H2/t7-,8+/m1/s1. The fraction of sp³-hybridized carbons (Fsp3) is 1.00. The lowest BCUT2D eigenvalue weighted by molar-refractivity contribution is 0.111. The van der Waals surface area contributed by atoms with E-state index in [1.807, 2.05) is 0 Å². The van der Waals surface area contributed by atoms with E-state index in [-0.39, 0.29) is 6.10 Å². The molecule has 1 aliphatic heterocycles. The minimum atomic E-state index is 0.200. The molecule has 1 heterocycles. The number of hydrogen-bond donors (Lipinski definition) is 0. The zero-order valence-electron chi connectivity index (χ0n) is 7.02. The summed E-state index contributed by atoms with van der Waals surface area (Å²) in [6, 6.07) is 0. The van der Waals surface area contributed by atoms with Crippen LogP contribution >= 0.6 is 0 Å². The van der Waals surface area contributed by atoms with E-state index in [9.17, 15) is 0 Å². The summed E-state index contributed by atoms with van der Waals surface area (Å²) in [6.45, 7) is 1.40. The first kappa shape index (κ1) is 7.90. The molecule has 0 bridgehead atoms. The highest BCUT2D eigenvalue weighted by Gasteiger charge is 2.36. The minimum absolute atomic E-state index is 0.200. The van der Waals surface area contributed by atoms with Crippen LogP contribution in [0.15, 0.2) is 5.11 Å². The Morgan fingerprint density at radius 3 is 2.92 bits per heavy atom.